The van der Waals surface area contributed by atoms with E-state index in [1.165, 1.54) is 207 Å². The number of aryl methyl sites for hydroxylation is 3. The summed E-state index contributed by atoms with van der Waals surface area (Å²) in [7, 11) is 14.9. The molecule has 0 spiro atoms. The number of allylic oxidation sites excluding steroid dienone is 2. The van der Waals surface area contributed by atoms with Crippen molar-refractivity contribution >= 4 is 78.4 Å². The number of halogens is 4. The summed E-state index contributed by atoms with van der Waals surface area (Å²) in [5, 5.41) is 16.7. The maximum absolute atomic E-state index is 10.0. The summed E-state index contributed by atoms with van der Waals surface area (Å²) in [6, 6.07) is 55.4. The Kier molecular flexibility index (Phi) is 37.9. The molecule has 2 radical (unpaired) electrons. The molecule has 514 valence electrons. The first-order chi connectivity index (χ1) is 44.6. The quantitative estimate of drug-likeness (QED) is 0.0477. The number of fused-ring (bicyclic) bond motifs is 3. The van der Waals surface area contributed by atoms with Crippen LogP contribution in [-0.4, -0.2) is 42.8 Å². The first-order valence-electron chi connectivity index (χ1n) is 32.8. The fourth-order valence-corrected chi connectivity index (χ4v) is 12.2. The van der Waals surface area contributed by atoms with E-state index in [0.717, 1.165) is 28.2 Å². The molecule has 12 rings (SSSR count). The second-order valence-corrected chi connectivity index (χ2v) is 36.2. The van der Waals surface area contributed by atoms with Crippen molar-refractivity contribution in [2.75, 3.05) is 0 Å². The molecule has 0 amide bonds. The average Bonchev–Trinajstić information content (AvgIpc) is 0.808. The van der Waals surface area contributed by atoms with Gasteiger partial charge in [0.25, 0.3) is 0 Å². The fourth-order valence-electron chi connectivity index (χ4n) is 12.2. The Bertz CT molecular complexity index is 3510. The predicted octanol–water partition coefficient (Wildman–Crippen LogP) is 23.3. The van der Waals surface area contributed by atoms with Gasteiger partial charge in [0.1, 0.15) is 11.6 Å². The summed E-state index contributed by atoms with van der Waals surface area (Å²) in [5.41, 5.74) is 15.0. The van der Waals surface area contributed by atoms with Crippen LogP contribution in [0.3, 0.4) is 0 Å². The smallest absolute Gasteiger partial charge is 0 e. The van der Waals surface area contributed by atoms with Gasteiger partial charge in [-0.1, -0.05) is 164 Å². The zero-order valence-corrected chi connectivity index (χ0v) is 67.0. The molecule has 3 aromatic heterocycles. The molecule has 1 unspecified atom stereocenters. The van der Waals surface area contributed by atoms with Gasteiger partial charge in [0.2, 0.25) is 0 Å². The summed E-state index contributed by atoms with van der Waals surface area (Å²) in [4.78, 5) is 43.8. The first-order valence-corrected chi connectivity index (χ1v) is 42.1. The second kappa shape index (κ2) is 43.6. The first kappa shape index (κ1) is 82.6. The molecule has 1 N–H and O–H groups in total. The maximum atomic E-state index is 10.0. The SMILES string of the molecule is CC(=O)C=C(C)O.CC(=O)CC(C)=O.C[C-](C)C(C)[ClH+].Cc1ccnc(-c2[c-]c3ccccc3c(C3CCCCC3)c2)c1.Cc1ccnc(-c2[c-]c3ccccc3c(C3CCCCC3)c2)c1.Cc1ccnc(-c2cc(C3CCCCC3)c3ccccc3c2)c1.[Cl][Ir]([Cl])[Cl].[Ir].[Ir]. The summed E-state index contributed by atoms with van der Waals surface area (Å²) in [6.07, 6.45) is 27.2. The number of ketones is 3. The van der Waals surface area contributed by atoms with Crippen molar-refractivity contribution in [3.05, 3.63) is 215 Å². The van der Waals surface area contributed by atoms with Crippen LogP contribution < -0.4 is 0 Å². The number of carbonyl (C=O) groups excluding carboxylic acids is 3. The molecule has 3 aliphatic rings. The van der Waals surface area contributed by atoms with E-state index in [-0.39, 0.29) is 69.7 Å². The largest absolute Gasteiger partial charge is 0 e. The number of aromatic nitrogens is 3. The van der Waals surface area contributed by atoms with Gasteiger partial charge in [-0.15, -0.1) is 58.3 Å². The summed E-state index contributed by atoms with van der Waals surface area (Å²) < 4.78 is 0. The zero-order chi connectivity index (χ0) is 67.4. The molecule has 3 saturated carbocycles. The number of benzene rings is 6. The minimum Gasteiger partial charge on any atom is 0 e. The van der Waals surface area contributed by atoms with Gasteiger partial charge in [-0.3, -0.25) is 35.3 Å². The standard InChI is InChI=1S/C22H23N.2C22H22N.C5H11Cl.2C5H8O2.3ClH.3Ir/c3*1-16-11-12-23-22(13-16)19-14-18-9-5-6-10-20(18)21(15-19)17-7-3-2-4-8-17;1-4(2)5(3)6;2*1-4(6)3-5(2)7;;;;;;/h5-6,9-15,17H,2-4,7-8H2,1H3;2*5-6,9-13,15,17H,2-4,7-8H2,1H3;5-6H,1-3H3;3H2,1-2H3;3,6H,1-2H3;3*1H;;;/q;2*-1;;;;;;;;;+3/p-3. The Morgan fingerprint density at radius 2 is 0.874 bits per heavy atom. The molecule has 0 aliphatic heterocycles. The molecule has 3 fully saturated rings. The Balaban J connectivity index is 0.000000257. The van der Waals surface area contributed by atoms with Gasteiger partial charge in [-0.25, -0.2) is 0 Å². The van der Waals surface area contributed by atoms with E-state index < -0.39 is 13.5 Å². The molecule has 3 aliphatic carbocycles. The molecule has 1 atom stereocenters. The Morgan fingerprint density at radius 1 is 0.537 bits per heavy atom. The van der Waals surface area contributed by atoms with Crippen LogP contribution in [0, 0.1) is 50.4 Å². The summed E-state index contributed by atoms with van der Waals surface area (Å²) in [5.74, 6) is 3.22. The summed E-state index contributed by atoms with van der Waals surface area (Å²) in [6.45, 7) is 18.2. The minimum absolute atomic E-state index is 0. The molecule has 6 aromatic carbocycles. The predicted molar refractivity (Wildman–Crippen MR) is 387 cm³/mol. The van der Waals surface area contributed by atoms with Gasteiger partial charge in [0, 0.05) is 81.8 Å². The second-order valence-electron chi connectivity index (χ2n) is 25.2. The van der Waals surface area contributed by atoms with Crippen LogP contribution in [0.4, 0.5) is 0 Å². The van der Waals surface area contributed by atoms with Gasteiger partial charge in [-0.2, -0.15) is 13.8 Å². The van der Waals surface area contributed by atoms with E-state index in [1.54, 1.807) is 0 Å². The third-order valence-electron chi connectivity index (χ3n) is 17.0. The number of Topliss-reactive ketones (excluding diaryl/α,β-unsaturated/α-hetero) is 2. The number of carbonyl (C=O) groups is 3. The number of hydrogen-bond acceptors (Lipinski definition) is 7. The van der Waals surface area contributed by atoms with Gasteiger partial charge in [0.05, 0.1) is 34.9 Å². The molecule has 0 bridgehead atoms. The topological polar surface area (TPSA) is 110 Å². The maximum Gasteiger partial charge on any atom is 0 e. The molecule has 0 saturated heterocycles. The number of pyridine rings is 3. The van der Waals surface area contributed by atoms with Crippen LogP contribution >= 0.6 is 28.8 Å². The van der Waals surface area contributed by atoms with Crippen molar-refractivity contribution in [3.8, 4) is 33.8 Å². The van der Waals surface area contributed by atoms with Crippen molar-refractivity contribution in [2.45, 2.75) is 195 Å². The van der Waals surface area contributed by atoms with Crippen molar-refractivity contribution in [1.82, 2.24) is 15.0 Å². The number of alkyl halides is 1. The van der Waals surface area contributed by atoms with Gasteiger partial charge in [0.15, 0.2) is 5.78 Å². The molecule has 3 heterocycles. The minimum atomic E-state index is -1.92. The monoisotopic (exact) mass is 1890 g/mol. The van der Waals surface area contributed by atoms with E-state index in [4.69, 9.17) is 45.5 Å². The van der Waals surface area contributed by atoms with E-state index in [9.17, 15) is 14.4 Å². The van der Waals surface area contributed by atoms with Crippen LogP contribution in [-0.2, 0) is 68.1 Å². The third kappa shape index (κ3) is 28.5. The van der Waals surface area contributed by atoms with Crippen LogP contribution in [0.5, 0.6) is 0 Å². The number of hydrogen-bond donors (Lipinski definition) is 1. The number of aliphatic hydroxyl groups is 1. The van der Waals surface area contributed by atoms with E-state index in [1.807, 2.05) is 37.6 Å². The van der Waals surface area contributed by atoms with Crippen LogP contribution in [0.25, 0.3) is 66.1 Å². The van der Waals surface area contributed by atoms with E-state index in [2.05, 4.69) is 183 Å². The van der Waals surface area contributed by atoms with Crippen LogP contribution in [0.2, 0.25) is 0 Å². The van der Waals surface area contributed by atoms with Gasteiger partial charge in [-0.05, 0) is 170 Å². The number of aliphatic hydroxyl groups excluding tert-OH is 1. The Hall–Kier alpha value is -4.79. The van der Waals surface area contributed by atoms with Crippen molar-refractivity contribution in [2.24, 2.45) is 0 Å². The normalized spacial score (nSPS) is 14.4. The molecular weight excluding hydrogens is 1800 g/mol. The van der Waals surface area contributed by atoms with Crippen LogP contribution in [0.15, 0.2) is 164 Å². The average molecular weight is 1890 g/mol. The fraction of sp³-hybridized carbons (Fsp3) is 0.370. The van der Waals surface area contributed by atoms with Crippen molar-refractivity contribution < 1.29 is 84.8 Å². The number of rotatable bonds is 10. The molecule has 9 aromatic rings. The third-order valence-corrected chi connectivity index (χ3v) is 17.4. The van der Waals surface area contributed by atoms with Gasteiger partial charge < -0.3 is 5.11 Å². The van der Waals surface area contributed by atoms with Crippen molar-refractivity contribution in [3.63, 3.8) is 0 Å². The molecular formula is C81H94Cl4Ir3N3O4-2. The molecule has 14 heteroatoms. The number of nitrogens with zero attached hydrogens (tertiary/aromatic N) is 3. The van der Waals surface area contributed by atoms with Gasteiger partial charge >= 0.3 is 42.2 Å². The zero-order valence-electron chi connectivity index (χ0n) is 56.7. The Labute approximate surface area is 616 Å². The van der Waals surface area contributed by atoms with Crippen molar-refractivity contribution in [1.29, 1.82) is 0 Å². The Morgan fingerprint density at radius 3 is 1.20 bits per heavy atom. The summed E-state index contributed by atoms with van der Waals surface area (Å²) >= 11 is 2.95. The van der Waals surface area contributed by atoms with E-state index in [0.29, 0.717) is 23.1 Å². The van der Waals surface area contributed by atoms with Crippen LogP contribution in [0.1, 0.15) is 202 Å². The van der Waals surface area contributed by atoms with E-state index >= 15 is 0 Å². The molecule has 7 nitrogen and oxygen atoms in total. The molecule has 95 heavy (non-hydrogen) atoms.